The number of carbonyl (C=O) groups excluding carboxylic acids is 1. The number of ether oxygens (including phenoxy) is 1. The van der Waals surface area contributed by atoms with Crippen LogP contribution < -0.4 is 14.4 Å². The quantitative estimate of drug-likeness (QED) is 0.324. The minimum atomic E-state index is -3.82. The summed E-state index contributed by atoms with van der Waals surface area (Å²) in [5.41, 5.74) is 4.45. The molecular formula is C29H28N2O4S. The maximum Gasteiger partial charge on any atom is 0.264 e. The first-order chi connectivity index (χ1) is 17.3. The number of sulfonamides is 1. The van der Waals surface area contributed by atoms with Crippen molar-refractivity contribution in [3.05, 3.63) is 119 Å². The molecule has 0 heterocycles. The van der Waals surface area contributed by atoms with Crippen LogP contribution in [0.2, 0.25) is 0 Å². The van der Waals surface area contributed by atoms with Crippen molar-refractivity contribution < 1.29 is 17.9 Å². The topological polar surface area (TPSA) is 75.7 Å². The molecule has 0 radical (unpaired) electrons. The number of aryl methyl sites for hydroxylation is 2. The SMILES string of the molecule is COc1ccccc1NC(=O)c1ccc(CN(c2ccc(C)c(C)c2)S(=O)(=O)c2ccccc2)cc1. The van der Waals surface area contributed by atoms with Crippen molar-refractivity contribution in [1.82, 2.24) is 0 Å². The van der Waals surface area contributed by atoms with Crippen LogP contribution >= 0.6 is 0 Å². The molecule has 0 spiro atoms. The van der Waals surface area contributed by atoms with Crippen molar-refractivity contribution in [1.29, 1.82) is 0 Å². The first-order valence-electron chi connectivity index (χ1n) is 11.5. The lowest BCUT2D eigenvalue weighted by molar-refractivity contribution is 0.102. The average Bonchev–Trinajstić information content (AvgIpc) is 2.90. The number of hydrogen-bond acceptors (Lipinski definition) is 4. The maximum atomic E-state index is 13.6. The molecule has 0 fully saturated rings. The maximum absolute atomic E-state index is 13.6. The second kappa shape index (κ2) is 10.7. The van der Waals surface area contributed by atoms with E-state index in [0.29, 0.717) is 22.7 Å². The fraction of sp³-hybridized carbons (Fsp3) is 0.138. The molecule has 7 heteroatoms. The lowest BCUT2D eigenvalue weighted by Gasteiger charge is -2.25. The van der Waals surface area contributed by atoms with Crippen molar-refractivity contribution in [2.45, 2.75) is 25.3 Å². The van der Waals surface area contributed by atoms with Crippen LogP contribution in [-0.4, -0.2) is 21.4 Å². The Morgan fingerprint density at radius 3 is 2.17 bits per heavy atom. The second-order valence-corrected chi connectivity index (χ2v) is 10.3. The molecule has 4 aromatic rings. The molecule has 0 aliphatic carbocycles. The molecule has 0 aromatic heterocycles. The van der Waals surface area contributed by atoms with Crippen LogP contribution in [-0.2, 0) is 16.6 Å². The highest BCUT2D eigenvalue weighted by Gasteiger charge is 2.25. The molecule has 0 bridgehead atoms. The van der Waals surface area contributed by atoms with Crippen molar-refractivity contribution >= 4 is 27.3 Å². The summed E-state index contributed by atoms with van der Waals surface area (Å²) < 4.78 is 33.9. The molecule has 36 heavy (non-hydrogen) atoms. The Morgan fingerprint density at radius 1 is 0.833 bits per heavy atom. The molecule has 1 amide bonds. The van der Waals surface area contributed by atoms with E-state index in [2.05, 4.69) is 5.32 Å². The van der Waals surface area contributed by atoms with E-state index < -0.39 is 10.0 Å². The Hall–Kier alpha value is -4.10. The van der Waals surface area contributed by atoms with E-state index in [0.717, 1.165) is 16.7 Å². The second-order valence-electron chi connectivity index (χ2n) is 8.44. The molecule has 6 nitrogen and oxygen atoms in total. The van der Waals surface area contributed by atoms with E-state index in [-0.39, 0.29) is 17.3 Å². The van der Waals surface area contributed by atoms with Crippen LogP contribution in [0.4, 0.5) is 11.4 Å². The van der Waals surface area contributed by atoms with Gasteiger partial charge in [0, 0.05) is 5.56 Å². The zero-order valence-electron chi connectivity index (χ0n) is 20.4. The van der Waals surface area contributed by atoms with Crippen LogP contribution in [0.25, 0.3) is 0 Å². The van der Waals surface area contributed by atoms with Crippen LogP contribution in [0.5, 0.6) is 5.75 Å². The lowest BCUT2D eigenvalue weighted by atomic mass is 10.1. The van der Waals surface area contributed by atoms with Gasteiger partial charge in [0.25, 0.3) is 15.9 Å². The highest BCUT2D eigenvalue weighted by Crippen LogP contribution is 2.28. The van der Waals surface area contributed by atoms with Crippen molar-refractivity contribution in [2.75, 3.05) is 16.7 Å². The Labute approximate surface area is 212 Å². The number of anilines is 2. The summed E-state index contributed by atoms with van der Waals surface area (Å²) in [7, 11) is -2.27. The summed E-state index contributed by atoms with van der Waals surface area (Å²) in [5, 5.41) is 2.85. The molecule has 4 aromatic carbocycles. The number of methoxy groups -OCH3 is 1. The minimum absolute atomic E-state index is 0.119. The Kier molecular flexibility index (Phi) is 7.41. The van der Waals surface area contributed by atoms with Gasteiger partial charge in [-0.2, -0.15) is 0 Å². The summed E-state index contributed by atoms with van der Waals surface area (Å²) in [4.78, 5) is 13.0. The van der Waals surface area contributed by atoms with E-state index in [1.54, 1.807) is 73.8 Å². The molecule has 4 rings (SSSR count). The van der Waals surface area contributed by atoms with Gasteiger partial charge in [-0.05, 0) is 79.1 Å². The Bertz CT molecular complexity index is 1470. The Morgan fingerprint density at radius 2 is 1.50 bits per heavy atom. The van der Waals surface area contributed by atoms with E-state index >= 15 is 0 Å². The molecule has 0 saturated heterocycles. The molecular weight excluding hydrogens is 472 g/mol. The third-order valence-electron chi connectivity index (χ3n) is 6.01. The van der Waals surface area contributed by atoms with Crippen LogP contribution in [0, 0.1) is 13.8 Å². The lowest BCUT2D eigenvalue weighted by Crippen LogP contribution is -2.30. The fourth-order valence-corrected chi connectivity index (χ4v) is 5.25. The number of amides is 1. The predicted octanol–water partition coefficient (Wildman–Crippen LogP) is 5.96. The standard InChI is InChI=1S/C29H28N2O4S/c1-21-13-18-25(19-22(21)2)31(36(33,34)26-9-5-4-6-10-26)20-23-14-16-24(17-15-23)29(32)30-27-11-7-8-12-28(27)35-3/h4-19H,20H2,1-3H3,(H,30,32). The van der Waals surface area contributed by atoms with Gasteiger partial charge in [-0.15, -0.1) is 0 Å². The normalized spacial score (nSPS) is 11.1. The molecule has 184 valence electrons. The van der Waals surface area contributed by atoms with Gasteiger partial charge in [0.1, 0.15) is 5.75 Å². The molecule has 0 saturated carbocycles. The number of hydrogen-bond donors (Lipinski definition) is 1. The van der Waals surface area contributed by atoms with Gasteiger partial charge in [0.15, 0.2) is 0 Å². The first-order valence-corrected chi connectivity index (χ1v) is 12.9. The van der Waals surface area contributed by atoms with E-state index in [1.807, 2.05) is 44.2 Å². The van der Waals surface area contributed by atoms with Gasteiger partial charge in [-0.25, -0.2) is 8.42 Å². The van der Waals surface area contributed by atoms with Crippen LogP contribution in [0.3, 0.4) is 0 Å². The van der Waals surface area contributed by atoms with E-state index in [4.69, 9.17) is 4.74 Å². The molecule has 0 aliphatic heterocycles. The first kappa shape index (κ1) is 25.0. The molecule has 0 atom stereocenters. The van der Waals surface area contributed by atoms with Crippen molar-refractivity contribution in [3.63, 3.8) is 0 Å². The number of benzene rings is 4. The summed E-state index contributed by atoms with van der Waals surface area (Å²) in [6.45, 7) is 4.07. The third kappa shape index (κ3) is 5.42. The summed E-state index contributed by atoms with van der Waals surface area (Å²) >= 11 is 0. The van der Waals surface area contributed by atoms with Crippen LogP contribution in [0.1, 0.15) is 27.0 Å². The monoisotopic (exact) mass is 500 g/mol. The molecule has 1 N–H and O–H groups in total. The van der Waals surface area contributed by atoms with E-state index in [9.17, 15) is 13.2 Å². The Balaban J connectivity index is 1.62. The van der Waals surface area contributed by atoms with Gasteiger partial charge in [0.2, 0.25) is 0 Å². The molecule has 0 unspecified atom stereocenters. The highest BCUT2D eigenvalue weighted by atomic mass is 32.2. The number of nitrogens with zero attached hydrogens (tertiary/aromatic N) is 1. The average molecular weight is 501 g/mol. The predicted molar refractivity (Wildman–Crippen MR) is 143 cm³/mol. The summed E-state index contributed by atoms with van der Waals surface area (Å²) in [6.07, 6.45) is 0. The smallest absolute Gasteiger partial charge is 0.264 e. The van der Waals surface area contributed by atoms with Gasteiger partial charge in [-0.1, -0.05) is 48.5 Å². The summed E-state index contributed by atoms with van der Waals surface area (Å²) in [5.74, 6) is 0.284. The van der Waals surface area contributed by atoms with Crippen molar-refractivity contribution in [2.24, 2.45) is 0 Å². The van der Waals surface area contributed by atoms with Gasteiger partial charge in [-0.3, -0.25) is 9.10 Å². The zero-order chi connectivity index (χ0) is 25.7. The van der Waals surface area contributed by atoms with Gasteiger partial charge >= 0.3 is 0 Å². The number of carbonyl (C=O) groups is 1. The summed E-state index contributed by atoms with van der Waals surface area (Å²) in [6, 6.07) is 28.1. The zero-order valence-corrected chi connectivity index (χ0v) is 21.2. The van der Waals surface area contributed by atoms with Gasteiger partial charge in [0.05, 0.1) is 29.9 Å². The van der Waals surface area contributed by atoms with Gasteiger partial charge < -0.3 is 10.1 Å². The fourth-order valence-electron chi connectivity index (χ4n) is 3.79. The largest absolute Gasteiger partial charge is 0.495 e. The highest BCUT2D eigenvalue weighted by molar-refractivity contribution is 7.92. The van der Waals surface area contributed by atoms with Crippen LogP contribution in [0.15, 0.2) is 102 Å². The number of para-hydroxylation sites is 2. The minimum Gasteiger partial charge on any atom is -0.495 e. The third-order valence-corrected chi connectivity index (χ3v) is 7.80. The van der Waals surface area contributed by atoms with Crippen molar-refractivity contribution in [3.8, 4) is 5.75 Å². The number of nitrogens with one attached hydrogen (secondary N) is 1. The number of rotatable bonds is 8. The molecule has 0 aliphatic rings. The van der Waals surface area contributed by atoms with E-state index in [1.165, 1.54) is 4.31 Å².